The molecule has 2 N–H and O–H groups in total. The number of aliphatic hydroxyl groups is 1. The van der Waals surface area contributed by atoms with Gasteiger partial charge in [0.1, 0.15) is 5.82 Å². The molecule has 2 aromatic heterocycles. The van der Waals surface area contributed by atoms with Gasteiger partial charge in [-0.2, -0.15) is 0 Å². The smallest absolute Gasteiger partial charge is 0.252 e. The van der Waals surface area contributed by atoms with Crippen LogP contribution in [0.1, 0.15) is 28.4 Å². The number of nitrogens with zero attached hydrogens (tertiary/aromatic N) is 2. The second kappa shape index (κ2) is 7.57. The molecule has 24 heavy (non-hydrogen) atoms. The highest BCUT2D eigenvalue weighted by atomic mass is 16.3. The van der Waals surface area contributed by atoms with Crippen LogP contribution >= 0.6 is 0 Å². The highest BCUT2D eigenvalue weighted by Crippen LogP contribution is 2.15. The van der Waals surface area contributed by atoms with Gasteiger partial charge in [0, 0.05) is 25.1 Å². The molecule has 0 saturated heterocycles. The SMILES string of the molecule is O=C(NCCC(O)c1ccccc1)c1ccc(-n2cccc2)nc1. The molecule has 3 rings (SSSR count). The monoisotopic (exact) mass is 321 g/mol. The zero-order valence-electron chi connectivity index (χ0n) is 13.2. The molecule has 0 aliphatic rings. The van der Waals surface area contributed by atoms with E-state index in [0.29, 0.717) is 18.5 Å². The maximum Gasteiger partial charge on any atom is 0.252 e. The summed E-state index contributed by atoms with van der Waals surface area (Å²) in [5.74, 6) is 0.567. The number of hydrogen-bond donors (Lipinski definition) is 2. The summed E-state index contributed by atoms with van der Waals surface area (Å²) < 4.78 is 1.87. The number of rotatable bonds is 6. The normalized spacial score (nSPS) is 11.9. The Morgan fingerprint density at radius 1 is 1.08 bits per heavy atom. The minimum atomic E-state index is -0.583. The van der Waals surface area contributed by atoms with E-state index in [1.54, 1.807) is 18.3 Å². The quantitative estimate of drug-likeness (QED) is 0.733. The first-order chi connectivity index (χ1) is 11.7. The zero-order chi connectivity index (χ0) is 16.8. The van der Waals surface area contributed by atoms with E-state index in [9.17, 15) is 9.90 Å². The van der Waals surface area contributed by atoms with Crippen LogP contribution in [-0.4, -0.2) is 27.1 Å². The van der Waals surface area contributed by atoms with Crippen molar-refractivity contribution in [1.29, 1.82) is 0 Å². The Bertz CT molecular complexity index is 768. The van der Waals surface area contributed by atoms with Gasteiger partial charge in [-0.15, -0.1) is 0 Å². The molecule has 0 aliphatic heterocycles. The Labute approximate surface area is 140 Å². The molecule has 5 nitrogen and oxygen atoms in total. The van der Waals surface area contributed by atoms with E-state index in [2.05, 4.69) is 10.3 Å². The molecule has 0 spiro atoms. The summed E-state index contributed by atoms with van der Waals surface area (Å²) in [6, 6.07) is 16.8. The predicted octanol–water partition coefficient (Wildman–Crippen LogP) is 2.73. The molecule has 0 fully saturated rings. The Hall–Kier alpha value is -2.92. The topological polar surface area (TPSA) is 67.2 Å². The van der Waals surface area contributed by atoms with E-state index in [1.165, 1.54) is 0 Å². The van der Waals surface area contributed by atoms with Crippen molar-refractivity contribution in [2.24, 2.45) is 0 Å². The number of carbonyl (C=O) groups excluding carboxylic acids is 1. The number of benzene rings is 1. The Balaban J connectivity index is 1.52. The second-order valence-corrected chi connectivity index (χ2v) is 5.47. The second-order valence-electron chi connectivity index (χ2n) is 5.47. The number of aliphatic hydroxyl groups excluding tert-OH is 1. The van der Waals surface area contributed by atoms with Crippen molar-refractivity contribution < 1.29 is 9.90 Å². The van der Waals surface area contributed by atoms with E-state index < -0.39 is 6.10 Å². The Kier molecular flexibility index (Phi) is 5.03. The molecule has 5 heteroatoms. The maximum atomic E-state index is 12.1. The summed E-state index contributed by atoms with van der Waals surface area (Å²) in [5.41, 5.74) is 1.35. The van der Waals surface area contributed by atoms with Crippen molar-refractivity contribution in [1.82, 2.24) is 14.9 Å². The van der Waals surface area contributed by atoms with E-state index in [0.717, 1.165) is 11.4 Å². The first-order valence-electron chi connectivity index (χ1n) is 7.84. The van der Waals surface area contributed by atoms with Crippen molar-refractivity contribution >= 4 is 5.91 Å². The van der Waals surface area contributed by atoms with Crippen molar-refractivity contribution in [2.45, 2.75) is 12.5 Å². The lowest BCUT2D eigenvalue weighted by Gasteiger charge is -2.11. The lowest BCUT2D eigenvalue weighted by atomic mass is 10.1. The molecule has 0 aliphatic carbocycles. The van der Waals surface area contributed by atoms with Crippen LogP contribution in [0.25, 0.3) is 5.82 Å². The predicted molar refractivity (Wildman–Crippen MR) is 91.9 cm³/mol. The van der Waals surface area contributed by atoms with Gasteiger partial charge in [0.2, 0.25) is 0 Å². The van der Waals surface area contributed by atoms with Gasteiger partial charge in [-0.3, -0.25) is 4.79 Å². The molecule has 1 atom stereocenters. The van der Waals surface area contributed by atoms with E-state index in [-0.39, 0.29) is 5.91 Å². The summed E-state index contributed by atoms with van der Waals surface area (Å²) in [6.45, 7) is 0.397. The molecule has 0 bridgehead atoms. The fourth-order valence-electron chi connectivity index (χ4n) is 2.43. The van der Waals surface area contributed by atoms with Gasteiger partial charge in [0.15, 0.2) is 0 Å². The molecular formula is C19H19N3O2. The van der Waals surface area contributed by atoms with Crippen molar-refractivity contribution in [3.63, 3.8) is 0 Å². The maximum absolute atomic E-state index is 12.1. The van der Waals surface area contributed by atoms with Crippen molar-refractivity contribution in [2.75, 3.05) is 6.54 Å². The Morgan fingerprint density at radius 2 is 1.83 bits per heavy atom. The van der Waals surface area contributed by atoms with Crippen LogP contribution in [0.2, 0.25) is 0 Å². The lowest BCUT2D eigenvalue weighted by Crippen LogP contribution is -2.25. The molecular weight excluding hydrogens is 302 g/mol. The van der Waals surface area contributed by atoms with Crippen LogP contribution in [0.3, 0.4) is 0 Å². The molecule has 3 aromatic rings. The third kappa shape index (κ3) is 3.88. The molecule has 0 saturated carbocycles. The highest BCUT2D eigenvalue weighted by molar-refractivity contribution is 5.93. The fourth-order valence-corrected chi connectivity index (χ4v) is 2.43. The fraction of sp³-hybridized carbons (Fsp3) is 0.158. The molecule has 2 heterocycles. The van der Waals surface area contributed by atoms with Crippen LogP contribution in [0.4, 0.5) is 0 Å². The molecule has 1 unspecified atom stereocenters. The van der Waals surface area contributed by atoms with Gasteiger partial charge < -0.3 is 15.0 Å². The van der Waals surface area contributed by atoms with Crippen LogP contribution in [0.5, 0.6) is 0 Å². The average Bonchev–Trinajstić information content (AvgIpc) is 3.17. The number of nitrogens with one attached hydrogen (secondary N) is 1. The van der Waals surface area contributed by atoms with E-state index in [4.69, 9.17) is 0 Å². The zero-order valence-corrected chi connectivity index (χ0v) is 13.2. The van der Waals surface area contributed by atoms with E-state index >= 15 is 0 Å². The number of amides is 1. The third-order valence-corrected chi connectivity index (χ3v) is 3.77. The summed E-state index contributed by atoms with van der Waals surface area (Å²) in [4.78, 5) is 16.4. The van der Waals surface area contributed by atoms with Crippen molar-refractivity contribution in [3.8, 4) is 5.82 Å². The summed E-state index contributed by atoms with van der Waals surface area (Å²) in [7, 11) is 0. The molecule has 1 aromatic carbocycles. The van der Waals surface area contributed by atoms with Gasteiger partial charge in [-0.25, -0.2) is 4.98 Å². The molecule has 1 amide bonds. The van der Waals surface area contributed by atoms with Gasteiger partial charge in [-0.1, -0.05) is 30.3 Å². The summed E-state index contributed by atoms with van der Waals surface area (Å²) >= 11 is 0. The van der Waals surface area contributed by atoms with Crippen LogP contribution < -0.4 is 5.32 Å². The minimum absolute atomic E-state index is 0.193. The van der Waals surface area contributed by atoms with Gasteiger partial charge >= 0.3 is 0 Å². The molecule has 0 radical (unpaired) electrons. The van der Waals surface area contributed by atoms with Gasteiger partial charge in [0.05, 0.1) is 11.7 Å². The first-order valence-corrected chi connectivity index (χ1v) is 7.84. The minimum Gasteiger partial charge on any atom is -0.388 e. The van der Waals surface area contributed by atoms with Gasteiger partial charge in [0.25, 0.3) is 5.91 Å². The average molecular weight is 321 g/mol. The first kappa shape index (κ1) is 16.0. The standard InChI is InChI=1S/C19H19N3O2/c23-17(15-6-2-1-3-7-15)10-11-20-19(24)16-8-9-18(21-14-16)22-12-4-5-13-22/h1-9,12-14,17,23H,10-11H2,(H,20,24). The highest BCUT2D eigenvalue weighted by Gasteiger charge is 2.09. The number of hydrogen-bond acceptors (Lipinski definition) is 3. The third-order valence-electron chi connectivity index (χ3n) is 3.77. The summed E-state index contributed by atoms with van der Waals surface area (Å²) in [6.07, 6.45) is 5.23. The van der Waals surface area contributed by atoms with Gasteiger partial charge in [-0.05, 0) is 36.2 Å². The largest absolute Gasteiger partial charge is 0.388 e. The van der Waals surface area contributed by atoms with Crippen LogP contribution in [0, 0.1) is 0 Å². The Morgan fingerprint density at radius 3 is 2.50 bits per heavy atom. The lowest BCUT2D eigenvalue weighted by molar-refractivity contribution is 0.0942. The summed E-state index contributed by atoms with van der Waals surface area (Å²) in [5, 5.41) is 12.9. The number of carbonyl (C=O) groups is 1. The number of pyridine rings is 1. The number of aromatic nitrogens is 2. The van der Waals surface area contributed by atoms with Crippen LogP contribution in [-0.2, 0) is 0 Å². The van der Waals surface area contributed by atoms with Crippen LogP contribution in [0.15, 0.2) is 73.2 Å². The molecule has 122 valence electrons. The van der Waals surface area contributed by atoms with Crippen molar-refractivity contribution in [3.05, 3.63) is 84.3 Å². The van der Waals surface area contributed by atoms with E-state index in [1.807, 2.05) is 59.4 Å².